The lowest BCUT2D eigenvalue weighted by atomic mass is 10.1. The molecule has 5 nitrogen and oxygen atoms in total. The summed E-state index contributed by atoms with van der Waals surface area (Å²) < 4.78 is 0. The molecule has 22 heavy (non-hydrogen) atoms. The van der Waals surface area contributed by atoms with Crippen LogP contribution in [0.15, 0.2) is 54.9 Å². The number of H-pyrrole nitrogens is 2. The fraction of sp³-hybridized carbons (Fsp3) is 0. The molecular weight excluding hydrogens is 274 g/mol. The van der Waals surface area contributed by atoms with Crippen molar-refractivity contribution >= 4 is 10.9 Å². The van der Waals surface area contributed by atoms with Gasteiger partial charge < -0.3 is 4.98 Å². The molecule has 0 atom stereocenters. The molecule has 0 aliphatic rings. The van der Waals surface area contributed by atoms with Crippen molar-refractivity contribution in [3.8, 4) is 23.2 Å². The van der Waals surface area contributed by atoms with E-state index in [1.165, 1.54) is 0 Å². The predicted molar refractivity (Wildman–Crippen MR) is 83.9 cm³/mol. The van der Waals surface area contributed by atoms with E-state index in [1.807, 2.05) is 48.5 Å². The molecule has 0 fully saturated rings. The molecule has 4 aromatic rings. The van der Waals surface area contributed by atoms with Crippen LogP contribution in [0.3, 0.4) is 0 Å². The van der Waals surface area contributed by atoms with Gasteiger partial charge in [0.05, 0.1) is 5.52 Å². The molecule has 4 rings (SSSR count). The number of hydrogen-bond acceptors (Lipinski definition) is 3. The Hall–Kier alpha value is -3.39. The van der Waals surface area contributed by atoms with Crippen LogP contribution >= 0.6 is 0 Å². The number of rotatable bonds is 1. The number of aromatic amines is 2. The summed E-state index contributed by atoms with van der Waals surface area (Å²) in [5.41, 5.74) is 3.58. The molecule has 2 aromatic heterocycles. The molecule has 5 heteroatoms. The molecule has 0 radical (unpaired) electrons. The highest BCUT2D eigenvalue weighted by Gasteiger charge is 2.07. The van der Waals surface area contributed by atoms with Gasteiger partial charge in [0, 0.05) is 16.5 Å². The average Bonchev–Trinajstić information content (AvgIpc) is 3.23. The van der Waals surface area contributed by atoms with Gasteiger partial charge in [-0.15, -0.1) is 10.2 Å². The molecule has 2 N–H and O–H groups in total. The summed E-state index contributed by atoms with van der Waals surface area (Å²) in [5.74, 6) is 6.97. The summed E-state index contributed by atoms with van der Waals surface area (Å²) in [7, 11) is 0. The normalized spacial score (nSPS) is 10.4. The Balaban J connectivity index is 1.79. The maximum Gasteiger partial charge on any atom is 0.161 e. The predicted octanol–water partition coefficient (Wildman–Crippen LogP) is 2.75. The van der Waals surface area contributed by atoms with Gasteiger partial charge in [-0.05, 0) is 36.3 Å². The first-order valence-electron chi connectivity index (χ1n) is 6.82. The van der Waals surface area contributed by atoms with Crippen LogP contribution in [0.4, 0.5) is 0 Å². The van der Waals surface area contributed by atoms with Crippen LogP contribution in [-0.4, -0.2) is 25.4 Å². The Bertz CT molecular complexity index is 972. The van der Waals surface area contributed by atoms with Crippen molar-refractivity contribution in [2.45, 2.75) is 0 Å². The van der Waals surface area contributed by atoms with Crippen LogP contribution in [0, 0.1) is 11.8 Å². The largest absolute Gasteiger partial charge is 0.328 e. The second-order valence-electron chi connectivity index (χ2n) is 4.79. The highest BCUT2D eigenvalue weighted by molar-refractivity contribution is 5.87. The highest BCUT2D eigenvalue weighted by atomic mass is 15.2. The van der Waals surface area contributed by atoms with Gasteiger partial charge in [-0.1, -0.05) is 24.1 Å². The number of nitrogens with zero attached hydrogens (tertiary/aromatic N) is 3. The van der Waals surface area contributed by atoms with Gasteiger partial charge in [0.2, 0.25) is 0 Å². The summed E-state index contributed by atoms with van der Waals surface area (Å²) in [6.07, 6.45) is 1.56. The third-order valence-electron chi connectivity index (χ3n) is 3.35. The van der Waals surface area contributed by atoms with Gasteiger partial charge in [-0.3, -0.25) is 5.10 Å². The van der Waals surface area contributed by atoms with E-state index in [4.69, 9.17) is 0 Å². The molecule has 2 heterocycles. The molecule has 0 aliphatic carbocycles. The zero-order chi connectivity index (χ0) is 14.8. The molecule has 104 valence electrons. The molecule has 0 amide bonds. The number of benzene rings is 2. The molecule has 0 aliphatic heterocycles. The minimum absolute atomic E-state index is 0.722. The Morgan fingerprint density at radius 3 is 2.68 bits per heavy atom. The minimum atomic E-state index is 0.722. The fourth-order valence-electron chi connectivity index (χ4n) is 2.26. The second kappa shape index (κ2) is 5.19. The van der Waals surface area contributed by atoms with Crippen LogP contribution in [-0.2, 0) is 0 Å². The zero-order valence-corrected chi connectivity index (χ0v) is 11.5. The van der Waals surface area contributed by atoms with E-state index in [0.29, 0.717) is 0 Å². The molecule has 0 bridgehead atoms. The Morgan fingerprint density at radius 1 is 0.955 bits per heavy atom. The third-order valence-corrected chi connectivity index (χ3v) is 3.35. The van der Waals surface area contributed by atoms with Crippen molar-refractivity contribution in [2.24, 2.45) is 0 Å². The van der Waals surface area contributed by atoms with Gasteiger partial charge in [0.25, 0.3) is 0 Å². The van der Waals surface area contributed by atoms with Crippen molar-refractivity contribution in [3.05, 3.63) is 66.1 Å². The quantitative estimate of drug-likeness (QED) is 0.528. The van der Waals surface area contributed by atoms with E-state index in [2.05, 4.69) is 37.2 Å². The van der Waals surface area contributed by atoms with E-state index in [1.54, 1.807) is 6.33 Å². The topological polar surface area (TPSA) is 70.2 Å². The lowest BCUT2D eigenvalue weighted by Gasteiger charge is -1.96. The Morgan fingerprint density at radius 2 is 1.86 bits per heavy atom. The standard InChI is InChI=1S/C17H11N5/c1-2-4-12(5-3-1)6-8-15-14-10-13(17-18-11-19-22-17)7-9-16(14)21-20-15/h1-5,7,9-11H,(H,20,21)(H,18,19,22). The van der Waals surface area contributed by atoms with Crippen LogP contribution in [0.25, 0.3) is 22.3 Å². The van der Waals surface area contributed by atoms with Gasteiger partial charge in [-0.25, -0.2) is 0 Å². The third kappa shape index (κ3) is 2.23. The zero-order valence-electron chi connectivity index (χ0n) is 11.5. The molecule has 0 saturated heterocycles. The summed E-state index contributed by atoms with van der Waals surface area (Å²) in [6.45, 7) is 0. The first kappa shape index (κ1) is 12.4. The maximum absolute atomic E-state index is 4.29. The number of hydrogen-bond donors (Lipinski definition) is 2. The molecule has 0 unspecified atom stereocenters. The molecule has 0 spiro atoms. The average molecular weight is 285 g/mol. The minimum Gasteiger partial charge on any atom is -0.328 e. The van der Waals surface area contributed by atoms with Crippen LogP contribution in [0.5, 0.6) is 0 Å². The summed E-state index contributed by atoms with van der Waals surface area (Å²) in [4.78, 5) is 3.00. The first-order chi connectivity index (χ1) is 10.9. The fourth-order valence-corrected chi connectivity index (χ4v) is 2.26. The van der Waals surface area contributed by atoms with Gasteiger partial charge in [-0.2, -0.15) is 5.10 Å². The van der Waals surface area contributed by atoms with Gasteiger partial charge in [0.15, 0.2) is 5.82 Å². The van der Waals surface area contributed by atoms with Crippen LogP contribution in [0.1, 0.15) is 11.3 Å². The maximum atomic E-state index is 4.29. The SMILES string of the molecule is C(#Cc1n[nH]c2ccc(-c3nnc[nH]3)cc12)c1ccccc1. The monoisotopic (exact) mass is 285 g/mol. The molecule has 2 aromatic carbocycles. The van der Waals surface area contributed by atoms with E-state index in [0.717, 1.165) is 33.5 Å². The van der Waals surface area contributed by atoms with E-state index in [9.17, 15) is 0 Å². The van der Waals surface area contributed by atoms with Crippen molar-refractivity contribution in [1.82, 2.24) is 25.4 Å². The number of aromatic nitrogens is 5. The Kier molecular flexibility index (Phi) is 2.91. The van der Waals surface area contributed by atoms with E-state index in [-0.39, 0.29) is 0 Å². The lowest BCUT2D eigenvalue weighted by Crippen LogP contribution is -1.81. The van der Waals surface area contributed by atoms with Crippen molar-refractivity contribution in [3.63, 3.8) is 0 Å². The lowest BCUT2D eigenvalue weighted by molar-refractivity contribution is 1.10. The van der Waals surface area contributed by atoms with E-state index >= 15 is 0 Å². The molecular formula is C17H11N5. The summed E-state index contributed by atoms with van der Waals surface area (Å²) >= 11 is 0. The Labute approximate surface area is 126 Å². The highest BCUT2D eigenvalue weighted by Crippen LogP contribution is 2.22. The summed E-state index contributed by atoms with van der Waals surface area (Å²) in [6, 6.07) is 15.8. The summed E-state index contributed by atoms with van der Waals surface area (Å²) in [5, 5.41) is 16.1. The van der Waals surface area contributed by atoms with Gasteiger partial charge in [0.1, 0.15) is 12.0 Å². The number of nitrogens with one attached hydrogen (secondary N) is 2. The van der Waals surface area contributed by atoms with Crippen LogP contribution < -0.4 is 0 Å². The van der Waals surface area contributed by atoms with Crippen LogP contribution in [0.2, 0.25) is 0 Å². The molecule has 0 saturated carbocycles. The van der Waals surface area contributed by atoms with Crippen molar-refractivity contribution < 1.29 is 0 Å². The smallest absolute Gasteiger partial charge is 0.161 e. The first-order valence-corrected chi connectivity index (χ1v) is 6.82. The number of fused-ring (bicyclic) bond motifs is 1. The van der Waals surface area contributed by atoms with Gasteiger partial charge >= 0.3 is 0 Å². The van der Waals surface area contributed by atoms with E-state index < -0.39 is 0 Å². The van der Waals surface area contributed by atoms with Crippen molar-refractivity contribution in [2.75, 3.05) is 0 Å². The van der Waals surface area contributed by atoms with Crippen molar-refractivity contribution in [1.29, 1.82) is 0 Å². The second-order valence-corrected chi connectivity index (χ2v) is 4.79.